The molecule has 0 rings (SSSR count). The Labute approximate surface area is 59.5 Å². The van der Waals surface area contributed by atoms with Gasteiger partial charge >= 0.3 is 0 Å². The van der Waals surface area contributed by atoms with Gasteiger partial charge in [-0.1, -0.05) is 6.55 Å². The van der Waals surface area contributed by atoms with Crippen LogP contribution in [0.2, 0.25) is 6.55 Å². The molecule has 0 radical (unpaired) electrons. The summed E-state index contributed by atoms with van der Waals surface area (Å²) in [5, 5.41) is 6.28. The molecule has 4 heteroatoms. The molecule has 0 saturated heterocycles. The predicted octanol–water partition coefficient (Wildman–Crippen LogP) is -1.18. The minimum atomic E-state index is -0.0871. The fourth-order valence-electron chi connectivity index (χ4n) is 0.655. The smallest absolute Gasteiger partial charge is 0.113 e. The van der Waals surface area contributed by atoms with Crippen molar-refractivity contribution in [3.05, 3.63) is 0 Å². The standard InChI is InChI=1S/C5H17N3Si/c1-5(6-2,7-3)8-9-4/h6-8H,9H2,1-4H3. The molecule has 0 fully saturated rings. The van der Waals surface area contributed by atoms with E-state index < -0.39 is 0 Å². The molecule has 0 aromatic carbocycles. The van der Waals surface area contributed by atoms with E-state index in [0.717, 1.165) is 0 Å². The highest BCUT2D eigenvalue weighted by atomic mass is 28.2. The molecule has 0 bridgehead atoms. The molecule has 0 unspecified atom stereocenters. The van der Waals surface area contributed by atoms with Gasteiger partial charge < -0.3 is 4.98 Å². The number of hydrogen-bond acceptors (Lipinski definition) is 3. The quantitative estimate of drug-likeness (QED) is 0.346. The maximum absolute atomic E-state index is 3.38. The Hall–Kier alpha value is 0.0969. The van der Waals surface area contributed by atoms with Crippen molar-refractivity contribution in [3.8, 4) is 0 Å². The van der Waals surface area contributed by atoms with Gasteiger partial charge in [-0.05, 0) is 21.0 Å². The molecule has 0 aromatic heterocycles. The van der Waals surface area contributed by atoms with Gasteiger partial charge in [-0.15, -0.1) is 0 Å². The summed E-state index contributed by atoms with van der Waals surface area (Å²) in [6.45, 7) is 4.30. The lowest BCUT2D eigenvalue weighted by atomic mass is 10.4. The van der Waals surface area contributed by atoms with Crippen molar-refractivity contribution in [2.24, 2.45) is 0 Å². The summed E-state index contributed by atoms with van der Waals surface area (Å²) < 4.78 is 0. The molecule has 0 amide bonds. The van der Waals surface area contributed by atoms with Crippen molar-refractivity contribution in [3.63, 3.8) is 0 Å². The average Bonchev–Trinajstić information content (AvgIpc) is 1.89. The van der Waals surface area contributed by atoms with Crippen molar-refractivity contribution >= 4 is 9.68 Å². The van der Waals surface area contributed by atoms with Crippen molar-refractivity contribution < 1.29 is 0 Å². The normalized spacial score (nSPS) is 13.3. The van der Waals surface area contributed by atoms with E-state index in [0.29, 0.717) is 0 Å². The van der Waals surface area contributed by atoms with Crippen LogP contribution in [0.4, 0.5) is 0 Å². The Balaban J connectivity index is 3.62. The Kier molecular flexibility index (Phi) is 4.04. The summed E-state index contributed by atoms with van der Waals surface area (Å²) >= 11 is 0. The molecular formula is C5H17N3Si. The maximum atomic E-state index is 3.38. The third-order valence-corrected chi connectivity index (χ3v) is 2.59. The van der Waals surface area contributed by atoms with E-state index >= 15 is 0 Å². The molecule has 3 N–H and O–H groups in total. The Morgan fingerprint density at radius 1 is 1.22 bits per heavy atom. The number of rotatable bonds is 4. The summed E-state index contributed by atoms with van der Waals surface area (Å²) in [5.74, 6) is -0.0546. The van der Waals surface area contributed by atoms with Gasteiger partial charge in [0.15, 0.2) is 0 Å². The molecule has 56 valence electrons. The van der Waals surface area contributed by atoms with Gasteiger partial charge in [0.1, 0.15) is 5.79 Å². The summed E-state index contributed by atoms with van der Waals surface area (Å²) in [7, 11) is 3.79. The Morgan fingerprint density at radius 3 is 1.78 bits per heavy atom. The molecule has 0 spiro atoms. The second-order valence-corrected chi connectivity index (χ2v) is 3.22. The molecule has 9 heavy (non-hydrogen) atoms. The van der Waals surface area contributed by atoms with E-state index in [2.05, 4.69) is 29.1 Å². The molecular weight excluding hydrogens is 130 g/mol. The third kappa shape index (κ3) is 2.95. The van der Waals surface area contributed by atoms with Crippen molar-refractivity contribution in [2.45, 2.75) is 19.3 Å². The van der Waals surface area contributed by atoms with Crippen LogP contribution in [0.15, 0.2) is 0 Å². The molecule has 0 atom stereocenters. The van der Waals surface area contributed by atoms with Crippen LogP contribution in [0.5, 0.6) is 0 Å². The fourth-order valence-corrected chi connectivity index (χ4v) is 1.72. The number of nitrogens with one attached hydrogen (secondary N) is 3. The van der Waals surface area contributed by atoms with Gasteiger partial charge in [0.05, 0.1) is 9.68 Å². The van der Waals surface area contributed by atoms with Gasteiger partial charge in [0.2, 0.25) is 0 Å². The van der Waals surface area contributed by atoms with Gasteiger partial charge in [0.25, 0.3) is 0 Å². The Bertz CT molecular complexity index is 72.6. The Morgan fingerprint density at radius 2 is 1.67 bits per heavy atom. The average molecular weight is 147 g/mol. The molecule has 0 aliphatic rings. The van der Waals surface area contributed by atoms with Crippen LogP contribution in [-0.4, -0.2) is 29.6 Å². The van der Waals surface area contributed by atoms with E-state index in [-0.39, 0.29) is 15.5 Å². The molecule has 0 aromatic rings. The minimum absolute atomic E-state index is 0.0546. The molecule has 3 nitrogen and oxygen atoms in total. The van der Waals surface area contributed by atoms with E-state index in [4.69, 9.17) is 0 Å². The minimum Gasteiger partial charge on any atom is -0.314 e. The zero-order valence-corrected chi connectivity index (χ0v) is 8.12. The first-order valence-corrected chi connectivity index (χ1v) is 5.43. The van der Waals surface area contributed by atoms with Crippen LogP contribution in [0.25, 0.3) is 0 Å². The summed E-state index contributed by atoms with van der Waals surface area (Å²) in [5.41, 5.74) is 0. The van der Waals surface area contributed by atoms with E-state index in [9.17, 15) is 0 Å². The van der Waals surface area contributed by atoms with E-state index in [1.807, 2.05) is 14.1 Å². The second-order valence-electron chi connectivity index (χ2n) is 2.16. The first-order chi connectivity index (χ1) is 4.18. The molecule has 0 heterocycles. The monoisotopic (exact) mass is 147 g/mol. The van der Waals surface area contributed by atoms with Crippen LogP contribution in [0.3, 0.4) is 0 Å². The van der Waals surface area contributed by atoms with Crippen molar-refractivity contribution in [1.82, 2.24) is 15.6 Å². The highest BCUT2D eigenvalue weighted by molar-refractivity contribution is 6.30. The predicted molar refractivity (Wildman–Crippen MR) is 44.1 cm³/mol. The van der Waals surface area contributed by atoms with Gasteiger partial charge in [-0.25, -0.2) is 0 Å². The lowest BCUT2D eigenvalue weighted by Crippen LogP contribution is -2.62. The largest absolute Gasteiger partial charge is 0.314 e. The highest BCUT2D eigenvalue weighted by Crippen LogP contribution is 1.86. The number of hydrogen-bond donors (Lipinski definition) is 3. The second kappa shape index (κ2) is 4.00. The summed E-state index contributed by atoms with van der Waals surface area (Å²) in [4.78, 5) is 3.38. The van der Waals surface area contributed by atoms with Crippen LogP contribution in [0, 0.1) is 0 Å². The van der Waals surface area contributed by atoms with Gasteiger partial charge in [-0.3, -0.25) is 10.6 Å². The summed E-state index contributed by atoms with van der Waals surface area (Å²) in [6, 6.07) is 0. The van der Waals surface area contributed by atoms with Crippen molar-refractivity contribution in [2.75, 3.05) is 14.1 Å². The van der Waals surface area contributed by atoms with Crippen LogP contribution in [0.1, 0.15) is 6.92 Å². The maximum Gasteiger partial charge on any atom is 0.113 e. The van der Waals surface area contributed by atoms with Crippen LogP contribution >= 0.6 is 0 Å². The summed E-state index contributed by atoms with van der Waals surface area (Å²) in [6.07, 6.45) is 0. The van der Waals surface area contributed by atoms with Crippen LogP contribution in [-0.2, 0) is 0 Å². The SMILES string of the molecule is CNC(C)(NC)N[SiH2]C. The lowest BCUT2D eigenvalue weighted by molar-refractivity contribution is 0.307. The fraction of sp³-hybridized carbons (Fsp3) is 1.00. The van der Waals surface area contributed by atoms with Gasteiger partial charge in [-0.2, -0.15) is 0 Å². The first-order valence-electron chi connectivity index (χ1n) is 3.31. The van der Waals surface area contributed by atoms with E-state index in [1.54, 1.807) is 0 Å². The third-order valence-electron chi connectivity index (χ3n) is 1.53. The zero-order chi connectivity index (χ0) is 7.33. The molecule has 0 saturated carbocycles. The van der Waals surface area contributed by atoms with Crippen molar-refractivity contribution in [1.29, 1.82) is 0 Å². The first kappa shape index (κ1) is 9.10. The van der Waals surface area contributed by atoms with Gasteiger partial charge in [0, 0.05) is 0 Å². The zero-order valence-electron chi connectivity index (χ0n) is 6.71. The topological polar surface area (TPSA) is 36.1 Å². The lowest BCUT2D eigenvalue weighted by Gasteiger charge is -2.29. The van der Waals surface area contributed by atoms with Crippen LogP contribution < -0.4 is 15.6 Å². The molecule has 0 aliphatic heterocycles. The molecule has 0 aliphatic carbocycles. The van der Waals surface area contributed by atoms with E-state index in [1.165, 1.54) is 0 Å². The highest BCUT2D eigenvalue weighted by Gasteiger charge is 2.14.